The number of aromatic nitrogens is 2. The molecule has 0 radical (unpaired) electrons. The zero-order valence-electron chi connectivity index (χ0n) is 18.0. The second-order valence-electron chi connectivity index (χ2n) is 8.22. The highest BCUT2D eigenvalue weighted by atomic mass is 35.5. The maximum atomic E-state index is 14.7. The minimum atomic E-state index is -0.248. The maximum Gasteiger partial charge on any atom is 0.132 e. The molecule has 5 nitrogen and oxygen atoms in total. The number of hydrogen-bond donors (Lipinski definition) is 1. The van der Waals surface area contributed by atoms with E-state index in [1.54, 1.807) is 24.3 Å². The standard InChI is InChI=1S/C26H21ClFN5/c1-32-15-21-25(16-32)31-33(26(21)20-7-2-3-8-23(20)28)14-18-5-4-6-19(11-18)30-24-10-9-17(13-29)12-22(24)27/h2-12,30H,14-16H2,1H3. The van der Waals surface area contributed by atoms with Crippen LogP contribution >= 0.6 is 11.6 Å². The summed E-state index contributed by atoms with van der Waals surface area (Å²) in [7, 11) is 2.04. The van der Waals surface area contributed by atoms with E-state index in [-0.39, 0.29) is 5.82 Å². The van der Waals surface area contributed by atoms with Crippen molar-refractivity contribution in [3.05, 3.63) is 100.0 Å². The van der Waals surface area contributed by atoms with E-state index in [0.717, 1.165) is 47.0 Å². The number of halogens is 2. The van der Waals surface area contributed by atoms with Gasteiger partial charge in [-0.05, 0) is 55.1 Å². The molecule has 7 heteroatoms. The van der Waals surface area contributed by atoms with Crippen LogP contribution in [0.1, 0.15) is 22.4 Å². The smallest absolute Gasteiger partial charge is 0.132 e. The normalized spacial score (nSPS) is 13.0. The zero-order chi connectivity index (χ0) is 22.9. The van der Waals surface area contributed by atoms with Crippen molar-refractivity contribution < 1.29 is 4.39 Å². The molecule has 0 saturated carbocycles. The van der Waals surface area contributed by atoms with Crippen molar-refractivity contribution in [2.45, 2.75) is 19.6 Å². The summed E-state index contributed by atoms with van der Waals surface area (Å²) in [5.74, 6) is -0.248. The van der Waals surface area contributed by atoms with Crippen molar-refractivity contribution in [2.75, 3.05) is 12.4 Å². The lowest BCUT2D eigenvalue weighted by molar-refractivity contribution is 0.346. The molecule has 2 heterocycles. The van der Waals surface area contributed by atoms with Gasteiger partial charge in [-0.2, -0.15) is 10.4 Å². The average Bonchev–Trinajstić information content (AvgIpc) is 3.31. The van der Waals surface area contributed by atoms with Crippen molar-refractivity contribution in [1.29, 1.82) is 5.26 Å². The molecule has 0 aliphatic carbocycles. The zero-order valence-corrected chi connectivity index (χ0v) is 18.8. The molecular formula is C26H21ClFN5. The third kappa shape index (κ3) is 4.21. The first-order valence-corrected chi connectivity index (χ1v) is 11.0. The predicted molar refractivity (Wildman–Crippen MR) is 128 cm³/mol. The van der Waals surface area contributed by atoms with E-state index in [0.29, 0.717) is 22.7 Å². The lowest BCUT2D eigenvalue weighted by Crippen LogP contribution is -2.13. The molecule has 0 unspecified atom stereocenters. The summed E-state index contributed by atoms with van der Waals surface area (Å²) in [6.45, 7) is 2.01. The molecule has 4 aromatic rings. The molecule has 5 rings (SSSR count). The number of benzene rings is 3. The molecule has 33 heavy (non-hydrogen) atoms. The number of nitrogens with one attached hydrogen (secondary N) is 1. The summed E-state index contributed by atoms with van der Waals surface area (Å²) >= 11 is 6.32. The number of hydrogen-bond acceptors (Lipinski definition) is 4. The maximum absolute atomic E-state index is 14.7. The van der Waals surface area contributed by atoms with Gasteiger partial charge >= 0.3 is 0 Å². The Morgan fingerprint density at radius 2 is 1.94 bits per heavy atom. The summed E-state index contributed by atoms with van der Waals surface area (Å²) in [5, 5.41) is 17.7. The van der Waals surface area contributed by atoms with Gasteiger partial charge in [-0.15, -0.1) is 0 Å². The molecule has 3 aromatic carbocycles. The number of fused-ring (bicyclic) bond motifs is 1. The molecule has 164 valence electrons. The van der Waals surface area contributed by atoms with E-state index in [2.05, 4.69) is 16.3 Å². The van der Waals surface area contributed by atoms with Gasteiger partial charge in [0, 0.05) is 29.9 Å². The minimum absolute atomic E-state index is 0.248. The summed E-state index contributed by atoms with van der Waals surface area (Å²) in [4.78, 5) is 2.18. The van der Waals surface area contributed by atoms with Crippen molar-refractivity contribution in [3.8, 4) is 17.3 Å². The van der Waals surface area contributed by atoms with Crippen LogP contribution in [0.15, 0.2) is 66.7 Å². The van der Waals surface area contributed by atoms with Crippen LogP contribution in [0.3, 0.4) is 0 Å². The highest BCUT2D eigenvalue weighted by molar-refractivity contribution is 6.33. The molecule has 1 aliphatic rings. The Morgan fingerprint density at radius 1 is 1.09 bits per heavy atom. The summed E-state index contributed by atoms with van der Waals surface area (Å²) in [6, 6.07) is 22.1. The van der Waals surface area contributed by atoms with E-state index in [1.807, 2.05) is 48.1 Å². The first kappa shape index (κ1) is 21.2. The second kappa shape index (κ2) is 8.70. The Kier molecular flexibility index (Phi) is 5.59. The Labute approximate surface area is 196 Å². The number of anilines is 2. The van der Waals surface area contributed by atoms with E-state index < -0.39 is 0 Å². The van der Waals surface area contributed by atoms with Gasteiger partial charge < -0.3 is 5.32 Å². The fourth-order valence-corrected chi connectivity index (χ4v) is 4.48. The highest BCUT2D eigenvalue weighted by Crippen LogP contribution is 2.34. The molecule has 0 fully saturated rings. The fraction of sp³-hybridized carbons (Fsp3) is 0.154. The van der Waals surface area contributed by atoms with Crippen LogP contribution in [0.25, 0.3) is 11.3 Å². The van der Waals surface area contributed by atoms with E-state index in [4.69, 9.17) is 22.0 Å². The molecule has 0 atom stereocenters. The Balaban J connectivity index is 1.47. The van der Waals surface area contributed by atoms with Gasteiger partial charge in [0.15, 0.2) is 0 Å². The summed E-state index contributed by atoms with van der Waals surface area (Å²) in [6.07, 6.45) is 0. The fourth-order valence-electron chi connectivity index (χ4n) is 4.25. The van der Waals surface area contributed by atoms with Crippen molar-refractivity contribution in [1.82, 2.24) is 14.7 Å². The van der Waals surface area contributed by atoms with Crippen LogP contribution < -0.4 is 5.32 Å². The highest BCUT2D eigenvalue weighted by Gasteiger charge is 2.27. The Bertz CT molecular complexity index is 1390. The van der Waals surface area contributed by atoms with Crippen LogP contribution in [0, 0.1) is 17.1 Å². The SMILES string of the molecule is CN1Cc2nn(Cc3cccc(Nc4ccc(C#N)cc4Cl)c3)c(-c3ccccc3F)c2C1. The monoisotopic (exact) mass is 457 g/mol. The molecule has 0 bridgehead atoms. The first-order valence-electron chi connectivity index (χ1n) is 10.6. The predicted octanol–water partition coefficient (Wildman–Crippen LogP) is 5.95. The average molecular weight is 458 g/mol. The molecule has 0 saturated heterocycles. The largest absolute Gasteiger partial charge is 0.354 e. The Hall–Kier alpha value is -3.66. The van der Waals surface area contributed by atoms with Gasteiger partial charge in [-0.25, -0.2) is 4.39 Å². The van der Waals surface area contributed by atoms with Gasteiger partial charge in [0.05, 0.1) is 40.3 Å². The number of nitriles is 1. The quantitative estimate of drug-likeness (QED) is 0.402. The van der Waals surface area contributed by atoms with Gasteiger partial charge in [0.2, 0.25) is 0 Å². The third-order valence-corrected chi connectivity index (χ3v) is 6.06. The number of rotatable bonds is 5. The van der Waals surface area contributed by atoms with E-state index in [9.17, 15) is 4.39 Å². The van der Waals surface area contributed by atoms with Gasteiger partial charge in [0.25, 0.3) is 0 Å². The van der Waals surface area contributed by atoms with Crippen LogP contribution in [-0.2, 0) is 19.6 Å². The third-order valence-electron chi connectivity index (χ3n) is 5.75. The molecule has 1 N–H and O–H groups in total. The lowest BCUT2D eigenvalue weighted by atomic mass is 10.1. The molecule has 1 aromatic heterocycles. The Morgan fingerprint density at radius 3 is 2.73 bits per heavy atom. The van der Waals surface area contributed by atoms with Crippen molar-refractivity contribution in [2.24, 2.45) is 0 Å². The van der Waals surface area contributed by atoms with Crippen molar-refractivity contribution >= 4 is 23.0 Å². The van der Waals surface area contributed by atoms with Gasteiger partial charge in [-0.3, -0.25) is 9.58 Å². The lowest BCUT2D eigenvalue weighted by Gasteiger charge is -2.14. The first-order chi connectivity index (χ1) is 16.0. The molecular weight excluding hydrogens is 437 g/mol. The van der Waals surface area contributed by atoms with Gasteiger partial charge in [-0.1, -0.05) is 35.9 Å². The number of nitrogens with zero attached hydrogens (tertiary/aromatic N) is 4. The second-order valence-corrected chi connectivity index (χ2v) is 8.62. The molecule has 0 amide bonds. The van der Waals surface area contributed by atoms with E-state index >= 15 is 0 Å². The van der Waals surface area contributed by atoms with Crippen LogP contribution in [0.2, 0.25) is 5.02 Å². The van der Waals surface area contributed by atoms with Gasteiger partial charge in [0.1, 0.15) is 5.82 Å². The molecule has 1 aliphatic heterocycles. The van der Waals surface area contributed by atoms with Crippen LogP contribution in [-0.4, -0.2) is 21.7 Å². The van der Waals surface area contributed by atoms with E-state index in [1.165, 1.54) is 6.07 Å². The topological polar surface area (TPSA) is 56.9 Å². The minimum Gasteiger partial charge on any atom is -0.354 e. The van der Waals surface area contributed by atoms with Crippen molar-refractivity contribution in [3.63, 3.8) is 0 Å². The summed E-state index contributed by atoms with van der Waals surface area (Å²) < 4.78 is 16.6. The van der Waals surface area contributed by atoms with Crippen LogP contribution in [0.4, 0.5) is 15.8 Å². The summed E-state index contributed by atoms with van der Waals surface area (Å²) in [5.41, 5.74) is 6.61. The van der Waals surface area contributed by atoms with Crippen LogP contribution in [0.5, 0.6) is 0 Å². The molecule has 0 spiro atoms.